The van der Waals surface area contributed by atoms with Crippen LogP contribution in [0.15, 0.2) is 34.0 Å². The number of benzene rings is 1. The van der Waals surface area contributed by atoms with Gasteiger partial charge < -0.3 is 5.48 Å². The summed E-state index contributed by atoms with van der Waals surface area (Å²) in [6.07, 6.45) is 0. The summed E-state index contributed by atoms with van der Waals surface area (Å²) in [7, 11) is 15.0. The summed E-state index contributed by atoms with van der Waals surface area (Å²) in [6, 6.07) is 7.81. The molecule has 1 aromatic carbocycles. The van der Waals surface area contributed by atoms with Crippen molar-refractivity contribution in [2.45, 2.75) is 0 Å². The van der Waals surface area contributed by atoms with Gasteiger partial charge in [0.1, 0.15) is 0 Å². The molecule has 1 radical (unpaired) electrons. The van der Waals surface area contributed by atoms with E-state index in [9.17, 15) is 0 Å². The molecule has 0 fully saturated rings. The first kappa shape index (κ1) is 17.6. The Morgan fingerprint density at radius 3 is 2.29 bits per heavy atom. The molecular weight excluding hydrogens is 438 g/mol. The van der Waals surface area contributed by atoms with Gasteiger partial charge in [-0.25, -0.2) is 4.98 Å². The number of para-hydroxylation sites is 1. The Morgan fingerprint density at radius 1 is 1.18 bits per heavy atom. The minimum absolute atomic E-state index is 0. The Labute approximate surface area is 125 Å². The SMILES string of the molecule is Cl/N=N/c1nc2ccccc2s1.O.[Cl][Sb-]([Cl])[Cl]. The zero-order chi connectivity index (χ0) is 12.0. The molecule has 0 aliphatic rings. The van der Waals surface area contributed by atoms with E-state index in [-0.39, 0.29) is 5.48 Å². The van der Waals surface area contributed by atoms with Crippen LogP contribution in [0.3, 0.4) is 0 Å². The van der Waals surface area contributed by atoms with Crippen molar-refractivity contribution in [1.29, 1.82) is 0 Å². The van der Waals surface area contributed by atoms with E-state index in [1.54, 1.807) is 0 Å². The second-order valence-electron chi connectivity index (χ2n) is 2.33. The van der Waals surface area contributed by atoms with Crippen molar-refractivity contribution in [3.05, 3.63) is 24.3 Å². The molecule has 0 bridgehead atoms. The number of halogens is 4. The molecule has 95 valence electrons. The minimum atomic E-state index is -2.03. The fourth-order valence-corrected chi connectivity index (χ4v) is 1.84. The molecule has 2 aromatic rings. The molecule has 17 heavy (non-hydrogen) atoms. The molecule has 0 unspecified atom stereocenters. The van der Waals surface area contributed by atoms with Crippen molar-refractivity contribution < 1.29 is 5.48 Å². The summed E-state index contributed by atoms with van der Waals surface area (Å²) in [5.74, 6) is 0. The molecule has 2 rings (SSSR count). The number of nitrogens with zero attached hydrogens (tertiary/aromatic N) is 3. The Kier molecular flexibility index (Phi) is 9.93. The van der Waals surface area contributed by atoms with Crippen LogP contribution in [0.2, 0.25) is 0 Å². The third-order valence-corrected chi connectivity index (χ3v) is 2.40. The van der Waals surface area contributed by atoms with Gasteiger partial charge in [-0.15, -0.1) is 5.11 Å². The van der Waals surface area contributed by atoms with Crippen LogP contribution in [0.5, 0.6) is 0 Å². The van der Waals surface area contributed by atoms with E-state index in [1.165, 1.54) is 11.3 Å². The van der Waals surface area contributed by atoms with Crippen molar-refractivity contribution in [1.82, 2.24) is 4.98 Å². The standard InChI is InChI=1S/C7H4ClN3S.3ClH.H2O.Sb/c8-11-10-7-9-5-3-1-2-4-6(5)12-7;;;;;/h1-4H;3*1H;1H2;/q;;;;;+2/p-3/b11-10+;;;;;. The number of hydrogen-bond donors (Lipinski definition) is 0. The van der Waals surface area contributed by atoms with Gasteiger partial charge in [0.15, 0.2) is 0 Å². The van der Waals surface area contributed by atoms with Gasteiger partial charge in [-0.05, 0) is 12.1 Å². The molecule has 0 aliphatic heterocycles. The van der Waals surface area contributed by atoms with Crippen LogP contribution in [0, 0.1) is 0 Å². The first-order chi connectivity index (χ1) is 7.63. The molecule has 4 nitrogen and oxygen atoms in total. The van der Waals surface area contributed by atoms with Crippen molar-refractivity contribution in [3.63, 3.8) is 0 Å². The summed E-state index contributed by atoms with van der Waals surface area (Å²) < 4.78 is 4.24. The summed E-state index contributed by atoms with van der Waals surface area (Å²) in [4.78, 5) is 4.18. The van der Waals surface area contributed by atoms with E-state index in [4.69, 9.17) is 38.3 Å². The van der Waals surface area contributed by atoms with Crippen molar-refractivity contribution in [2.75, 3.05) is 0 Å². The van der Waals surface area contributed by atoms with Crippen LogP contribution in [0.4, 0.5) is 5.13 Å². The Hall–Kier alpha value is 0.648. The van der Waals surface area contributed by atoms with Crippen LogP contribution in [0.1, 0.15) is 0 Å². The maximum atomic E-state index is 5.09. The molecule has 10 heteroatoms. The van der Waals surface area contributed by atoms with E-state index in [0.29, 0.717) is 5.13 Å². The second kappa shape index (κ2) is 9.56. The van der Waals surface area contributed by atoms with Gasteiger partial charge in [0.2, 0.25) is 5.13 Å². The fraction of sp³-hybridized carbons (Fsp3) is 0. The summed E-state index contributed by atoms with van der Waals surface area (Å²) in [6.45, 7) is 0. The van der Waals surface area contributed by atoms with E-state index >= 15 is 0 Å². The van der Waals surface area contributed by atoms with Gasteiger partial charge in [-0.3, -0.25) is 0 Å². The number of rotatable bonds is 1. The summed E-state index contributed by atoms with van der Waals surface area (Å²) in [5, 5.41) is 4.23. The molecule has 1 aromatic heterocycles. The van der Waals surface area contributed by atoms with E-state index in [1.807, 2.05) is 24.3 Å². The monoisotopic (exact) mass is 441 g/mol. The van der Waals surface area contributed by atoms with Gasteiger partial charge in [0.25, 0.3) is 0 Å². The number of hydrogen-bond acceptors (Lipinski definition) is 4. The normalized spacial score (nSPS) is 10.2. The van der Waals surface area contributed by atoms with Crippen LogP contribution in [0.25, 0.3) is 10.2 Å². The molecule has 0 spiro atoms. The van der Waals surface area contributed by atoms with Crippen molar-refractivity contribution in [2.24, 2.45) is 9.75 Å². The summed E-state index contributed by atoms with van der Waals surface area (Å²) in [5.41, 5.74) is 0.932. The average Bonchev–Trinajstić information content (AvgIpc) is 2.59. The topological polar surface area (TPSA) is 69.1 Å². The van der Waals surface area contributed by atoms with Crippen LogP contribution in [-0.2, 0) is 0 Å². The van der Waals surface area contributed by atoms with E-state index in [0.717, 1.165) is 10.2 Å². The van der Waals surface area contributed by atoms with E-state index < -0.39 is 16.8 Å². The predicted octanol–water partition coefficient (Wildman–Crippen LogP) is 4.40. The molecule has 0 saturated heterocycles. The predicted molar refractivity (Wildman–Crippen MR) is 76.9 cm³/mol. The molecule has 0 saturated carbocycles. The van der Waals surface area contributed by atoms with Gasteiger partial charge in [0, 0.05) is 0 Å². The summed E-state index contributed by atoms with van der Waals surface area (Å²) >= 11 is 4.52. The van der Waals surface area contributed by atoms with Gasteiger partial charge in [-0.2, -0.15) is 0 Å². The molecule has 0 atom stereocenters. The first-order valence-corrected chi connectivity index (χ1v) is 14.6. The van der Waals surface area contributed by atoms with Crippen molar-refractivity contribution >= 4 is 81.7 Å². The number of aromatic nitrogens is 1. The average molecular weight is 444 g/mol. The Bertz CT molecular complexity index is 445. The van der Waals surface area contributed by atoms with Crippen LogP contribution >= 0.6 is 49.6 Å². The zero-order valence-electron chi connectivity index (χ0n) is 8.02. The van der Waals surface area contributed by atoms with Crippen LogP contribution in [-0.4, -0.2) is 27.2 Å². The van der Waals surface area contributed by atoms with Crippen molar-refractivity contribution in [3.8, 4) is 0 Å². The fourth-order valence-electron chi connectivity index (χ4n) is 0.935. The molecule has 1 heterocycles. The second-order valence-corrected chi connectivity index (χ2v) is 14.9. The van der Waals surface area contributed by atoms with Gasteiger partial charge >= 0.3 is 43.3 Å². The number of thiazole rings is 1. The first-order valence-electron chi connectivity index (χ1n) is 3.78. The number of fused-ring (bicyclic) bond motifs is 1. The van der Waals surface area contributed by atoms with E-state index in [2.05, 4.69) is 14.7 Å². The van der Waals surface area contributed by atoms with Crippen LogP contribution < -0.4 is 0 Å². The maximum absolute atomic E-state index is 5.09. The van der Waals surface area contributed by atoms with Gasteiger partial charge in [0.05, 0.1) is 22.0 Å². The molecule has 2 N–H and O–H groups in total. The third-order valence-electron chi connectivity index (χ3n) is 1.41. The third kappa shape index (κ3) is 6.96. The van der Waals surface area contributed by atoms with Gasteiger partial charge in [-0.1, -0.05) is 28.1 Å². The molecule has 0 amide bonds. The Morgan fingerprint density at radius 2 is 1.76 bits per heavy atom. The molecule has 0 aliphatic carbocycles. The Balaban J connectivity index is 0.000000453. The molecular formula is C7H6Cl4N3OSSb-. The zero-order valence-corrected chi connectivity index (χ0v) is 14.4. The quantitative estimate of drug-likeness (QED) is 0.476.